The summed E-state index contributed by atoms with van der Waals surface area (Å²) in [5.41, 5.74) is 0.294. The lowest BCUT2D eigenvalue weighted by Crippen LogP contribution is -2.40. The molecule has 1 saturated heterocycles. The Morgan fingerprint density at radius 2 is 2.17 bits per heavy atom. The van der Waals surface area contributed by atoms with Crippen LogP contribution in [0.4, 0.5) is 0 Å². The SMILES string of the molecule is CC(C)N(CCC#N)C(=O)C1CC12CCNCC2. The highest BCUT2D eigenvalue weighted by molar-refractivity contribution is 5.83. The zero-order chi connectivity index (χ0) is 13.2. The number of amides is 1. The summed E-state index contributed by atoms with van der Waals surface area (Å²) in [5, 5.41) is 12.0. The Morgan fingerprint density at radius 3 is 2.72 bits per heavy atom. The molecule has 1 amide bonds. The first-order valence-electron chi connectivity index (χ1n) is 6.99. The van der Waals surface area contributed by atoms with Crippen LogP contribution in [0, 0.1) is 22.7 Å². The molecule has 2 rings (SSSR count). The van der Waals surface area contributed by atoms with Crippen LogP contribution in [0.1, 0.15) is 39.5 Å². The third-order valence-electron chi connectivity index (χ3n) is 4.46. The maximum absolute atomic E-state index is 12.5. The second-order valence-electron chi connectivity index (χ2n) is 5.90. The fourth-order valence-corrected chi connectivity index (χ4v) is 3.17. The molecule has 4 heteroatoms. The number of nitriles is 1. The Balaban J connectivity index is 1.96. The minimum absolute atomic E-state index is 0.199. The number of rotatable bonds is 4. The highest BCUT2D eigenvalue weighted by Crippen LogP contribution is 2.59. The van der Waals surface area contributed by atoms with Gasteiger partial charge in [0.25, 0.3) is 0 Å². The van der Waals surface area contributed by atoms with Gasteiger partial charge in [0.15, 0.2) is 0 Å². The predicted octanol–water partition coefficient (Wildman–Crippen LogP) is 1.53. The van der Waals surface area contributed by atoms with Crippen LogP contribution in [0.2, 0.25) is 0 Å². The van der Waals surface area contributed by atoms with Gasteiger partial charge in [-0.05, 0) is 51.6 Å². The van der Waals surface area contributed by atoms with Crippen LogP contribution in [0.25, 0.3) is 0 Å². The van der Waals surface area contributed by atoms with Crippen LogP contribution in [0.15, 0.2) is 0 Å². The van der Waals surface area contributed by atoms with Crippen LogP contribution in [-0.4, -0.2) is 36.5 Å². The summed E-state index contributed by atoms with van der Waals surface area (Å²) in [4.78, 5) is 14.4. The number of carbonyl (C=O) groups is 1. The number of hydrogen-bond acceptors (Lipinski definition) is 3. The van der Waals surface area contributed by atoms with Gasteiger partial charge >= 0.3 is 0 Å². The first-order chi connectivity index (χ1) is 8.60. The molecular formula is C14H23N3O. The molecule has 2 fully saturated rings. The molecule has 0 bridgehead atoms. The molecule has 1 unspecified atom stereocenters. The smallest absolute Gasteiger partial charge is 0.226 e. The molecule has 2 aliphatic rings. The van der Waals surface area contributed by atoms with Crippen LogP contribution >= 0.6 is 0 Å². The Morgan fingerprint density at radius 1 is 1.50 bits per heavy atom. The molecule has 1 saturated carbocycles. The topological polar surface area (TPSA) is 56.1 Å². The number of hydrogen-bond donors (Lipinski definition) is 1. The molecule has 0 radical (unpaired) electrons. The standard InChI is InChI=1S/C14H23N3O/c1-11(2)17(9-3-6-15)13(18)12-10-14(12)4-7-16-8-5-14/h11-12,16H,3-5,7-10H2,1-2H3. The van der Waals surface area contributed by atoms with E-state index in [1.165, 1.54) is 0 Å². The highest BCUT2D eigenvalue weighted by Gasteiger charge is 2.58. The summed E-state index contributed by atoms with van der Waals surface area (Å²) in [6.45, 7) is 6.74. The third-order valence-corrected chi connectivity index (χ3v) is 4.46. The molecule has 1 spiro atoms. The summed E-state index contributed by atoms with van der Waals surface area (Å²) >= 11 is 0. The van der Waals surface area contributed by atoms with Crippen LogP contribution < -0.4 is 5.32 Å². The number of carbonyl (C=O) groups excluding carboxylic acids is 1. The number of nitrogens with one attached hydrogen (secondary N) is 1. The van der Waals surface area contributed by atoms with Gasteiger partial charge in [0.1, 0.15) is 0 Å². The minimum Gasteiger partial charge on any atom is -0.339 e. The summed E-state index contributed by atoms with van der Waals surface area (Å²) < 4.78 is 0. The van der Waals surface area contributed by atoms with Gasteiger partial charge in [-0.15, -0.1) is 0 Å². The average molecular weight is 249 g/mol. The highest BCUT2D eigenvalue weighted by atomic mass is 16.2. The van der Waals surface area contributed by atoms with Gasteiger partial charge in [-0.1, -0.05) is 0 Å². The van der Waals surface area contributed by atoms with E-state index >= 15 is 0 Å². The molecule has 0 aromatic rings. The van der Waals surface area contributed by atoms with E-state index in [-0.39, 0.29) is 17.9 Å². The van der Waals surface area contributed by atoms with Crippen molar-refractivity contribution in [2.45, 2.75) is 45.6 Å². The lowest BCUT2D eigenvalue weighted by molar-refractivity contribution is -0.135. The van der Waals surface area contributed by atoms with E-state index < -0.39 is 0 Å². The molecule has 1 aliphatic heterocycles. The van der Waals surface area contributed by atoms with Crippen molar-refractivity contribution in [3.8, 4) is 6.07 Å². The molecule has 1 aliphatic carbocycles. The molecule has 18 heavy (non-hydrogen) atoms. The third kappa shape index (κ3) is 2.51. The molecule has 4 nitrogen and oxygen atoms in total. The van der Waals surface area contributed by atoms with E-state index in [2.05, 4.69) is 11.4 Å². The van der Waals surface area contributed by atoms with Crippen molar-refractivity contribution in [3.63, 3.8) is 0 Å². The quantitative estimate of drug-likeness (QED) is 0.822. The first-order valence-corrected chi connectivity index (χ1v) is 6.99. The monoisotopic (exact) mass is 249 g/mol. The molecule has 100 valence electrons. The Labute approximate surface area is 109 Å². The van der Waals surface area contributed by atoms with Gasteiger partial charge in [-0.2, -0.15) is 5.26 Å². The summed E-state index contributed by atoms with van der Waals surface area (Å²) in [6.07, 6.45) is 3.76. The van der Waals surface area contributed by atoms with Crippen molar-refractivity contribution in [1.29, 1.82) is 5.26 Å². The van der Waals surface area contributed by atoms with Crippen LogP contribution in [0.3, 0.4) is 0 Å². The summed E-state index contributed by atoms with van der Waals surface area (Å²) in [7, 11) is 0. The maximum atomic E-state index is 12.5. The largest absolute Gasteiger partial charge is 0.339 e. The van der Waals surface area contributed by atoms with Crippen LogP contribution in [-0.2, 0) is 4.79 Å². The van der Waals surface area contributed by atoms with E-state index in [9.17, 15) is 4.79 Å². The summed E-state index contributed by atoms with van der Waals surface area (Å²) in [5.74, 6) is 0.503. The van der Waals surface area contributed by atoms with E-state index in [1.807, 2.05) is 18.7 Å². The Kier molecular flexibility index (Phi) is 3.91. The molecular weight excluding hydrogens is 226 g/mol. The van der Waals surface area contributed by atoms with Crippen molar-refractivity contribution in [2.75, 3.05) is 19.6 Å². The minimum atomic E-state index is 0.199. The van der Waals surface area contributed by atoms with Crippen LogP contribution in [0.5, 0.6) is 0 Å². The van der Waals surface area contributed by atoms with Gasteiger partial charge in [0.2, 0.25) is 5.91 Å². The van der Waals surface area contributed by atoms with E-state index in [0.29, 0.717) is 18.4 Å². The zero-order valence-corrected chi connectivity index (χ0v) is 11.4. The molecule has 1 atom stereocenters. The van der Waals surface area contributed by atoms with Crippen molar-refractivity contribution in [2.24, 2.45) is 11.3 Å². The van der Waals surface area contributed by atoms with Crippen molar-refractivity contribution in [3.05, 3.63) is 0 Å². The molecule has 1 N–H and O–H groups in total. The van der Waals surface area contributed by atoms with Gasteiger partial charge in [-0.25, -0.2) is 0 Å². The van der Waals surface area contributed by atoms with Gasteiger partial charge < -0.3 is 10.2 Å². The van der Waals surface area contributed by atoms with E-state index in [4.69, 9.17) is 5.26 Å². The Hall–Kier alpha value is -1.08. The van der Waals surface area contributed by atoms with Crippen molar-refractivity contribution >= 4 is 5.91 Å². The normalized spacial score (nSPS) is 24.9. The summed E-state index contributed by atoms with van der Waals surface area (Å²) in [6, 6.07) is 2.33. The first kappa shape index (κ1) is 13.4. The van der Waals surface area contributed by atoms with Crippen molar-refractivity contribution in [1.82, 2.24) is 10.2 Å². The second kappa shape index (κ2) is 5.27. The average Bonchev–Trinajstić information content (AvgIpc) is 3.03. The number of piperidine rings is 1. The predicted molar refractivity (Wildman–Crippen MR) is 69.7 cm³/mol. The fourth-order valence-electron chi connectivity index (χ4n) is 3.17. The van der Waals surface area contributed by atoms with Gasteiger partial charge in [0, 0.05) is 18.5 Å². The lowest BCUT2D eigenvalue weighted by Gasteiger charge is -2.29. The van der Waals surface area contributed by atoms with Gasteiger partial charge in [-0.3, -0.25) is 4.79 Å². The van der Waals surface area contributed by atoms with Gasteiger partial charge in [0.05, 0.1) is 12.5 Å². The second-order valence-corrected chi connectivity index (χ2v) is 5.90. The molecule has 0 aromatic heterocycles. The lowest BCUT2D eigenvalue weighted by atomic mass is 9.91. The Bertz CT molecular complexity index is 353. The maximum Gasteiger partial charge on any atom is 0.226 e. The van der Waals surface area contributed by atoms with Crippen molar-refractivity contribution < 1.29 is 4.79 Å². The van der Waals surface area contributed by atoms with E-state index in [0.717, 1.165) is 32.4 Å². The number of nitrogens with zero attached hydrogens (tertiary/aromatic N) is 2. The molecule has 1 heterocycles. The zero-order valence-electron chi connectivity index (χ0n) is 11.4. The van der Waals surface area contributed by atoms with E-state index in [1.54, 1.807) is 0 Å². The fraction of sp³-hybridized carbons (Fsp3) is 0.857. The molecule has 0 aromatic carbocycles.